The predicted molar refractivity (Wildman–Crippen MR) is 59.1 cm³/mol. The summed E-state index contributed by atoms with van der Waals surface area (Å²) in [6.45, 7) is 5.53. The number of rotatable bonds is 4. The highest BCUT2D eigenvalue weighted by molar-refractivity contribution is 5.81. The first-order chi connectivity index (χ1) is 7.56. The van der Waals surface area contributed by atoms with Gasteiger partial charge in [-0.3, -0.25) is 4.79 Å². The number of hydrogen-bond donors (Lipinski definition) is 2. The summed E-state index contributed by atoms with van der Waals surface area (Å²) in [6, 6.07) is 1.80. The summed E-state index contributed by atoms with van der Waals surface area (Å²) in [5.74, 6) is -0.165. The van der Waals surface area contributed by atoms with Crippen molar-refractivity contribution in [1.82, 2.24) is 15.3 Å². The molecule has 1 aromatic heterocycles. The van der Waals surface area contributed by atoms with E-state index in [0.29, 0.717) is 5.82 Å². The van der Waals surface area contributed by atoms with Gasteiger partial charge in [0, 0.05) is 12.4 Å². The van der Waals surface area contributed by atoms with E-state index in [-0.39, 0.29) is 17.9 Å². The van der Waals surface area contributed by atoms with E-state index in [1.165, 1.54) is 0 Å². The molecule has 16 heavy (non-hydrogen) atoms. The van der Waals surface area contributed by atoms with E-state index in [9.17, 15) is 4.79 Å². The SMILES string of the molecule is CC(NC(=O)C(C#N)C(C)C)c1ncc[nH]1. The van der Waals surface area contributed by atoms with Crippen LogP contribution in [0.4, 0.5) is 0 Å². The Kier molecular flexibility index (Phi) is 4.06. The molecular weight excluding hydrogens is 204 g/mol. The van der Waals surface area contributed by atoms with Crippen molar-refractivity contribution < 1.29 is 4.79 Å². The smallest absolute Gasteiger partial charge is 0.238 e. The molecule has 0 aliphatic heterocycles. The summed E-state index contributed by atoms with van der Waals surface area (Å²) in [5, 5.41) is 11.6. The fourth-order valence-corrected chi connectivity index (χ4v) is 1.40. The molecule has 0 aliphatic carbocycles. The topological polar surface area (TPSA) is 81.6 Å². The third-order valence-electron chi connectivity index (χ3n) is 2.38. The maximum atomic E-state index is 11.7. The van der Waals surface area contributed by atoms with Gasteiger partial charge < -0.3 is 10.3 Å². The number of nitrogens with one attached hydrogen (secondary N) is 2. The van der Waals surface area contributed by atoms with Crippen LogP contribution in [0.2, 0.25) is 0 Å². The van der Waals surface area contributed by atoms with Crippen LogP contribution in [0.3, 0.4) is 0 Å². The summed E-state index contributed by atoms with van der Waals surface area (Å²) in [7, 11) is 0. The molecule has 5 nitrogen and oxygen atoms in total. The van der Waals surface area contributed by atoms with Crippen molar-refractivity contribution in [1.29, 1.82) is 5.26 Å². The molecule has 0 radical (unpaired) electrons. The highest BCUT2D eigenvalue weighted by Crippen LogP contribution is 2.12. The lowest BCUT2D eigenvalue weighted by Crippen LogP contribution is -2.34. The zero-order valence-corrected chi connectivity index (χ0v) is 9.69. The summed E-state index contributed by atoms with van der Waals surface area (Å²) < 4.78 is 0. The maximum Gasteiger partial charge on any atom is 0.238 e. The summed E-state index contributed by atoms with van der Waals surface area (Å²) >= 11 is 0. The predicted octanol–water partition coefficient (Wildman–Crippen LogP) is 1.38. The minimum Gasteiger partial charge on any atom is -0.347 e. The maximum absolute atomic E-state index is 11.7. The Bertz CT molecular complexity index is 377. The summed E-state index contributed by atoms with van der Waals surface area (Å²) in [5.41, 5.74) is 0. The van der Waals surface area contributed by atoms with Crippen LogP contribution in [0.5, 0.6) is 0 Å². The molecule has 1 rings (SSSR count). The largest absolute Gasteiger partial charge is 0.347 e. The fraction of sp³-hybridized carbons (Fsp3) is 0.545. The highest BCUT2D eigenvalue weighted by atomic mass is 16.1. The first kappa shape index (κ1) is 12.2. The van der Waals surface area contributed by atoms with Crippen LogP contribution < -0.4 is 5.32 Å². The van der Waals surface area contributed by atoms with Gasteiger partial charge in [0.15, 0.2) is 0 Å². The van der Waals surface area contributed by atoms with Crippen LogP contribution in [0.1, 0.15) is 32.6 Å². The summed E-state index contributed by atoms with van der Waals surface area (Å²) in [6.07, 6.45) is 3.32. The number of aromatic amines is 1. The fourth-order valence-electron chi connectivity index (χ4n) is 1.40. The van der Waals surface area contributed by atoms with E-state index in [4.69, 9.17) is 5.26 Å². The van der Waals surface area contributed by atoms with Gasteiger partial charge in [-0.2, -0.15) is 5.26 Å². The van der Waals surface area contributed by atoms with E-state index in [1.807, 2.05) is 26.8 Å². The molecule has 1 heterocycles. The van der Waals surface area contributed by atoms with Crippen LogP contribution in [-0.2, 0) is 4.79 Å². The van der Waals surface area contributed by atoms with Crippen molar-refractivity contribution >= 4 is 5.91 Å². The average Bonchev–Trinajstić information content (AvgIpc) is 2.70. The van der Waals surface area contributed by atoms with E-state index in [2.05, 4.69) is 15.3 Å². The van der Waals surface area contributed by atoms with E-state index in [1.54, 1.807) is 12.4 Å². The molecule has 0 bridgehead atoms. The number of amides is 1. The molecule has 0 saturated heterocycles. The molecule has 2 atom stereocenters. The third kappa shape index (κ3) is 2.83. The number of hydrogen-bond acceptors (Lipinski definition) is 3. The monoisotopic (exact) mass is 220 g/mol. The molecule has 5 heteroatoms. The van der Waals surface area contributed by atoms with Gasteiger partial charge in [-0.1, -0.05) is 13.8 Å². The van der Waals surface area contributed by atoms with E-state index in [0.717, 1.165) is 0 Å². The molecule has 0 saturated carbocycles. The number of carbonyl (C=O) groups is 1. The second-order valence-corrected chi connectivity index (χ2v) is 4.06. The lowest BCUT2D eigenvalue weighted by Gasteiger charge is -2.16. The number of carbonyl (C=O) groups excluding carboxylic acids is 1. The quantitative estimate of drug-likeness (QED) is 0.804. The van der Waals surface area contributed by atoms with Crippen molar-refractivity contribution in [2.24, 2.45) is 11.8 Å². The van der Waals surface area contributed by atoms with E-state index >= 15 is 0 Å². The zero-order valence-electron chi connectivity index (χ0n) is 9.69. The van der Waals surface area contributed by atoms with Crippen LogP contribution in [0.25, 0.3) is 0 Å². The molecular formula is C11H16N4O. The molecule has 0 spiro atoms. The first-order valence-corrected chi connectivity index (χ1v) is 5.25. The Morgan fingerprint density at radius 1 is 1.56 bits per heavy atom. The van der Waals surface area contributed by atoms with E-state index < -0.39 is 5.92 Å². The van der Waals surface area contributed by atoms with Crippen molar-refractivity contribution in [2.75, 3.05) is 0 Å². The number of H-pyrrole nitrogens is 1. The number of aromatic nitrogens is 2. The lowest BCUT2D eigenvalue weighted by molar-refractivity contribution is -0.125. The Hall–Kier alpha value is -1.83. The van der Waals surface area contributed by atoms with Crippen molar-refractivity contribution in [3.63, 3.8) is 0 Å². The molecule has 0 fully saturated rings. The standard InChI is InChI=1S/C11H16N4O/c1-7(2)9(6-12)11(16)15-8(3)10-13-4-5-14-10/h4-5,7-9H,1-3H3,(H,13,14)(H,15,16). The van der Waals surface area contributed by atoms with Gasteiger partial charge in [0.1, 0.15) is 11.7 Å². The second kappa shape index (κ2) is 5.31. The summed E-state index contributed by atoms with van der Waals surface area (Å²) in [4.78, 5) is 18.7. The zero-order chi connectivity index (χ0) is 12.1. The van der Waals surface area contributed by atoms with Crippen LogP contribution in [0, 0.1) is 23.2 Å². The van der Waals surface area contributed by atoms with Gasteiger partial charge in [0.05, 0.1) is 12.1 Å². The first-order valence-electron chi connectivity index (χ1n) is 5.25. The Balaban J connectivity index is 2.61. The lowest BCUT2D eigenvalue weighted by atomic mass is 9.96. The van der Waals surface area contributed by atoms with Crippen molar-refractivity contribution in [3.05, 3.63) is 18.2 Å². The molecule has 86 valence electrons. The Morgan fingerprint density at radius 2 is 2.25 bits per heavy atom. The normalized spacial score (nSPS) is 14.2. The van der Waals surface area contributed by atoms with Gasteiger partial charge in [0.2, 0.25) is 5.91 Å². The molecule has 2 N–H and O–H groups in total. The Morgan fingerprint density at radius 3 is 2.69 bits per heavy atom. The molecule has 0 aliphatic rings. The third-order valence-corrected chi connectivity index (χ3v) is 2.38. The molecule has 0 aromatic carbocycles. The van der Waals surface area contributed by atoms with Crippen molar-refractivity contribution in [2.45, 2.75) is 26.8 Å². The molecule has 1 aromatic rings. The number of nitriles is 1. The minimum atomic E-state index is -0.614. The van der Waals surface area contributed by atoms with Gasteiger partial charge in [-0.05, 0) is 12.8 Å². The van der Waals surface area contributed by atoms with Gasteiger partial charge in [-0.15, -0.1) is 0 Å². The second-order valence-electron chi connectivity index (χ2n) is 4.06. The van der Waals surface area contributed by atoms with Crippen LogP contribution >= 0.6 is 0 Å². The molecule has 1 amide bonds. The number of nitrogens with zero attached hydrogens (tertiary/aromatic N) is 2. The molecule has 2 unspecified atom stereocenters. The highest BCUT2D eigenvalue weighted by Gasteiger charge is 2.23. The van der Waals surface area contributed by atoms with Gasteiger partial charge in [0.25, 0.3) is 0 Å². The van der Waals surface area contributed by atoms with Gasteiger partial charge >= 0.3 is 0 Å². The number of imidazole rings is 1. The van der Waals surface area contributed by atoms with Gasteiger partial charge in [-0.25, -0.2) is 4.98 Å². The minimum absolute atomic E-state index is 0.00815. The van der Waals surface area contributed by atoms with Crippen molar-refractivity contribution in [3.8, 4) is 6.07 Å². The van der Waals surface area contributed by atoms with Crippen LogP contribution in [0.15, 0.2) is 12.4 Å². The Labute approximate surface area is 94.9 Å². The average molecular weight is 220 g/mol. The van der Waals surface area contributed by atoms with Crippen LogP contribution in [-0.4, -0.2) is 15.9 Å².